The Balaban J connectivity index is 1.80. The van der Waals surface area contributed by atoms with E-state index in [1.54, 1.807) is 0 Å². The molecule has 0 amide bonds. The average molecular weight is 210 g/mol. The predicted octanol–water partition coefficient (Wildman–Crippen LogP) is 2.38. The molecule has 2 aliphatic rings. The topological polar surface area (TPSA) is 29.3 Å². The van der Waals surface area contributed by atoms with E-state index in [1.165, 1.54) is 58.0 Å². The summed E-state index contributed by atoms with van der Waals surface area (Å²) >= 11 is 0. The van der Waals surface area contributed by atoms with Gasteiger partial charge in [-0.3, -0.25) is 0 Å². The van der Waals surface area contributed by atoms with Crippen LogP contribution in [0.2, 0.25) is 0 Å². The van der Waals surface area contributed by atoms with Crippen molar-refractivity contribution in [1.29, 1.82) is 0 Å². The molecule has 15 heavy (non-hydrogen) atoms. The molecular weight excluding hydrogens is 184 g/mol. The minimum absolute atomic E-state index is 0.492. The highest BCUT2D eigenvalue weighted by Gasteiger charge is 2.27. The zero-order valence-corrected chi connectivity index (χ0v) is 10.1. The molecule has 3 unspecified atom stereocenters. The van der Waals surface area contributed by atoms with Crippen LogP contribution in [0.5, 0.6) is 0 Å². The van der Waals surface area contributed by atoms with Gasteiger partial charge in [-0.05, 0) is 51.0 Å². The van der Waals surface area contributed by atoms with Crippen LogP contribution in [-0.2, 0) is 0 Å². The van der Waals surface area contributed by atoms with Crippen molar-refractivity contribution in [2.45, 2.75) is 64.0 Å². The number of hydrogen-bond acceptors (Lipinski definition) is 2. The van der Waals surface area contributed by atoms with Crippen molar-refractivity contribution in [2.75, 3.05) is 13.1 Å². The van der Waals surface area contributed by atoms with Crippen LogP contribution >= 0.6 is 0 Å². The van der Waals surface area contributed by atoms with E-state index in [9.17, 15) is 0 Å². The zero-order chi connectivity index (χ0) is 10.7. The van der Waals surface area contributed by atoms with E-state index in [0.717, 1.165) is 12.0 Å². The highest BCUT2D eigenvalue weighted by atomic mass is 15.2. The van der Waals surface area contributed by atoms with Crippen LogP contribution in [0.15, 0.2) is 0 Å². The fourth-order valence-electron chi connectivity index (χ4n) is 3.43. The maximum atomic E-state index is 6.05. The summed E-state index contributed by atoms with van der Waals surface area (Å²) in [6.07, 6.45) is 9.48. The second kappa shape index (κ2) is 5.31. The number of nitrogens with zero attached hydrogens (tertiary/aromatic N) is 1. The summed E-state index contributed by atoms with van der Waals surface area (Å²) in [5.41, 5.74) is 6.05. The van der Waals surface area contributed by atoms with E-state index in [4.69, 9.17) is 5.73 Å². The molecular formula is C13H26N2. The molecule has 1 saturated carbocycles. The average Bonchev–Trinajstić information content (AvgIpc) is 2.65. The smallest absolute Gasteiger partial charge is 0.00932 e. The van der Waals surface area contributed by atoms with E-state index >= 15 is 0 Å². The molecule has 2 rings (SSSR count). The van der Waals surface area contributed by atoms with Crippen molar-refractivity contribution in [1.82, 2.24) is 4.90 Å². The Bertz CT molecular complexity index is 193. The number of nitrogens with two attached hydrogens (primary N) is 1. The minimum Gasteiger partial charge on any atom is -0.328 e. The third-order valence-electron chi connectivity index (χ3n) is 4.29. The number of likely N-dealkylation sites (tertiary alicyclic amines) is 1. The van der Waals surface area contributed by atoms with Crippen molar-refractivity contribution in [3.05, 3.63) is 0 Å². The lowest BCUT2D eigenvalue weighted by atomic mass is 9.85. The van der Waals surface area contributed by atoms with Crippen molar-refractivity contribution in [2.24, 2.45) is 11.7 Å². The summed E-state index contributed by atoms with van der Waals surface area (Å²) < 4.78 is 0. The van der Waals surface area contributed by atoms with Gasteiger partial charge in [0, 0.05) is 18.6 Å². The fourth-order valence-corrected chi connectivity index (χ4v) is 3.43. The van der Waals surface area contributed by atoms with Crippen LogP contribution in [0.1, 0.15) is 51.9 Å². The Morgan fingerprint density at radius 1 is 1.20 bits per heavy atom. The number of hydrogen-bond donors (Lipinski definition) is 1. The molecule has 1 saturated heterocycles. The molecule has 2 fully saturated rings. The SMILES string of the molecule is CCC1CCCN1CC1CCCC(N)C1. The van der Waals surface area contributed by atoms with Gasteiger partial charge in [0.25, 0.3) is 0 Å². The second-order valence-electron chi connectivity index (χ2n) is 5.49. The molecule has 3 atom stereocenters. The largest absolute Gasteiger partial charge is 0.328 e. The van der Waals surface area contributed by atoms with Gasteiger partial charge in [-0.1, -0.05) is 13.3 Å². The van der Waals surface area contributed by atoms with Gasteiger partial charge in [0.05, 0.1) is 0 Å². The van der Waals surface area contributed by atoms with Crippen LogP contribution in [0, 0.1) is 5.92 Å². The summed E-state index contributed by atoms with van der Waals surface area (Å²) in [4.78, 5) is 2.72. The first kappa shape index (κ1) is 11.4. The van der Waals surface area contributed by atoms with Gasteiger partial charge in [0.1, 0.15) is 0 Å². The summed E-state index contributed by atoms with van der Waals surface area (Å²) in [5.74, 6) is 0.890. The van der Waals surface area contributed by atoms with Crippen LogP contribution in [0.3, 0.4) is 0 Å². The third-order valence-corrected chi connectivity index (χ3v) is 4.29. The van der Waals surface area contributed by atoms with Gasteiger partial charge in [-0.15, -0.1) is 0 Å². The highest BCUT2D eigenvalue weighted by molar-refractivity contribution is 4.83. The highest BCUT2D eigenvalue weighted by Crippen LogP contribution is 2.27. The molecule has 88 valence electrons. The lowest BCUT2D eigenvalue weighted by Gasteiger charge is -2.32. The molecule has 1 aliphatic carbocycles. The molecule has 0 spiro atoms. The summed E-state index contributed by atoms with van der Waals surface area (Å²) in [5, 5.41) is 0. The van der Waals surface area contributed by atoms with Crippen LogP contribution < -0.4 is 5.73 Å². The Labute approximate surface area is 94.2 Å². The maximum absolute atomic E-state index is 6.05. The Hall–Kier alpha value is -0.0800. The fraction of sp³-hybridized carbons (Fsp3) is 1.00. The van der Waals surface area contributed by atoms with Crippen LogP contribution in [-0.4, -0.2) is 30.1 Å². The van der Waals surface area contributed by atoms with E-state index in [0.29, 0.717) is 6.04 Å². The van der Waals surface area contributed by atoms with E-state index in [-0.39, 0.29) is 0 Å². The van der Waals surface area contributed by atoms with Gasteiger partial charge in [-0.25, -0.2) is 0 Å². The first-order chi connectivity index (χ1) is 7.29. The van der Waals surface area contributed by atoms with Gasteiger partial charge >= 0.3 is 0 Å². The Morgan fingerprint density at radius 3 is 2.80 bits per heavy atom. The van der Waals surface area contributed by atoms with Crippen LogP contribution in [0.25, 0.3) is 0 Å². The summed E-state index contributed by atoms with van der Waals surface area (Å²) in [7, 11) is 0. The molecule has 0 aromatic heterocycles. The van der Waals surface area contributed by atoms with Gasteiger partial charge in [-0.2, -0.15) is 0 Å². The predicted molar refractivity (Wildman–Crippen MR) is 64.8 cm³/mol. The normalized spacial score (nSPS) is 38.4. The summed E-state index contributed by atoms with van der Waals surface area (Å²) in [6, 6.07) is 1.37. The standard InChI is InChI=1S/C13H26N2/c1-2-13-7-4-8-15(13)10-11-5-3-6-12(14)9-11/h11-13H,2-10,14H2,1H3. The van der Waals surface area contributed by atoms with Crippen molar-refractivity contribution in [3.8, 4) is 0 Å². The van der Waals surface area contributed by atoms with Crippen molar-refractivity contribution in [3.63, 3.8) is 0 Å². The third kappa shape index (κ3) is 2.94. The van der Waals surface area contributed by atoms with Gasteiger partial charge in [0.15, 0.2) is 0 Å². The zero-order valence-electron chi connectivity index (χ0n) is 10.1. The van der Waals surface area contributed by atoms with E-state index in [2.05, 4.69) is 11.8 Å². The number of rotatable bonds is 3. The van der Waals surface area contributed by atoms with E-state index < -0.39 is 0 Å². The lowest BCUT2D eigenvalue weighted by molar-refractivity contribution is 0.177. The summed E-state index contributed by atoms with van der Waals surface area (Å²) in [6.45, 7) is 4.99. The van der Waals surface area contributed by atoms with Crippen molar-refractivity contribution < 1.29 is 0 Å². The van der Waals surface area contributed by atoms with E-state index in [1.807, 2.05) is 0 Å². The molecule has 0 aromatic rings. The molecule has 2 heteroatoms. The molecule has 0 bridgehead atoms. The lowest BCUT2D eigenvalue weighted by Crippen LogP contribution is -2.37. The molecule has 2 nitrogen and oxygen atoms in total. The van der Waals surface area contributed by atoms with Gasteiger partial charge in [0.2, 0.25) is 0 Å². The minimum atomic E-state index is 0.492. The molecule has 1 aliphatic heterocycles. The molecule has 2 N–H and O–H groups in total. The first-order valence-electron chi connectivity index (χ1n) is 6.79. The molecule has 0 aromatic carbocycles. The molecule has 1 heterocycles. The first-order valence-corrected chi connectivity index (χ1v) is 6.79. The second-order valence-corrected chi connectivity index (χ2v) is 5.49. The van der Waals surface area contributed by atoms with Gasteiger partial charge < -0.3 is 10.6 Å². The van der Waals surface area contributed by atoms with Crippen molar-refractivity contribution >= 4 is 0 Å². The monoisotopic (exact) mass is 210 g/mol. The maximum Gasteiger partial charge on any atom is 0.00932 e. The van der Waals surface area contributed by atoms with Crippen LogP contribution in [0.4, 0.5) is 0 Å². The Morgan fingerprint density at radius 2 is 2.07 bits per heavy atom. The quantitative estimate of drug-likeness (QED) is 0.775. The molecule has 0 radical (unpaired) electrons. The Kier molecular flexibility index (Phi) is 4.04.